The van der Waals surface area contributed by atoms with E-state index in [0.717, 1.165) is 48.8 Å². The first-order valence-corrected chi connectivity index (χ1v) is 9.58. The zero-order valence-electron chi connectivity index (χ0n) is 13.9. The number of carbonyl (C=O) groups excluding carboxylic acids is 1. The number of hydrogen-bond donors (Lipinski definition) is 1. The van der Waals surface area contributed by atoms with Crippen LogP contribution in [-0.2, 0) is 11.3 Å². The van der Waals surface area contributed by atoms with E-state index in [9.17, 15) is 4.79 Å². The lowest BCUT2D eigenvalue weighted by Gasteiger charge is -2.31. The third kappa shape index (κ3) is 4.10. The fourth-order valence-corrected chi connectivity index (χ4v) is 3.61. The number of aromatic nitrogens is 2. The highest BCUT2D eigenvalue weighted by atomic mass is 79.9. The Morgan fingerprint density at radius 1 is 1.20 bits per heavy atom. The number of halogens is 1. The van der Waals surface area contributed by atoms with Gasteiger partial charge in [0.05, 0.1) is 12.1 Å². The van der Waals surface area contributed by atoms with Crippen LogP contribution in [-0.4, -0.2) is 40.1 Å². The largest absolute Gasteiger partial charge is 0.419 e. The molecule has 132 valence electrons. The number of rotatable bonds is 5. The maximum atomic E-state index is 11.8. The predicted molar refractivity (Wildman–Crippen MR) is 96.6 cm³/mol. The van der Waals surface area contributed by atoms with Crippen LogP contribution in [0, 0.1) is 5.92 Å². The quantitative estimate of drug-likeness (QED) is 0.828. The first-order chi connectivity index (χ1) is 12.2. The molecule has 1 aromatic carbocycles. The first kappa shape index (κ1) is 16.7. The number of nitrogens with one attached hydrogen (secondary N) is 1. The molecule has 2 aromatic rings. The van der Waals surface area contributed by atoms with E-state index in [-0.39, 0.29) is 11.8 Å². The van der Waals surface area contributed by atoms with Gasteiger partial charge in [-0.25, -0.2) is 0 Å². The molecule has 4 rings (SSSR count). The van der Waals surface area contributed by atoms with Crippen LogP contribution >= 0.6 is 15.9 Å². The second kappa shape index (κ2) is 7.25. The maximum Gasteiger partial charge on any atom is 0.248 e. The lowest BCUT2D eigenvalue weighted by atomic mass is 10.0. The van der Waals surface area contributed by atoms with Crippen molar-refractivity contribution in [3.63, 3.8) is 0 Å². The Morgan fingerprint density at radius 2 is 1.96 bits per heavy atom. The molecule has 2 aliphatic rings. The van der Waals surface area contributed by atoms with Crippen molar-refractivity contribution in [1.29, 1.82) is 0 Å². The predicted octanol–water partition coefficient (Wildman–Crippen LogP) is 2.99. The molecule has 25 heavy (non-hydrogen) atoms. The van der Waals surface area contributed by atoms with Crippen LogP contribution in [0.5, 0.6) is 0 Å². The van der Waals surface area contributed by atoms with Gasteiger partial charge in [-0.05, 0) is 53.7 Å². The molecular weight excluding hydrogens is 384 g/mol. The minimum atomic E-state index is 0.244. The van der Waals surface area contributed by atoms with E-state index in [0.29, 0.717) is 24.4 Å². The van der Waals surface area contributed by atoms with Crippen LogP contribution in [0.4, 0.5) is 0 Å². The summed E-state index contributed by atoms with van der Waals surface area (Å²) in [6.45, 7) is 2.52. The Labute approximate surface area is 155 Å². The van der Waals surface area contributed by atoms with E-state index in [4.69, 9.17) is 4.42 Å². The molecule has 0 atom stereocenters. The molecule has 1 amide bonds. The summed E-state index contributed by atoms with van der Waals surface area (Å²) in [7, 11) is 0. The van der Waals surface area contributed by atoms with Gasteiger partial charge in [-0.15, -0.1) is 10.2 Å². The SMILES string of the molecule is O=C(NC1CCN(Cc2nnc(-c3ccccc3Br)o2)CC1)C1CC1. The Hall–Kier alpha value is -1.73. The number of amides is 1. The molecule has 1 saturated heterocycles. The molecule has 0 unspecified atom stereocenters. The van der Waals surface area contributed by atoms with E-state index in [1.807, 2.05) is 24.3 Å². The van der Waals surface area contributed by atoms with Gasteiger partial charge in [0.1, 0.15) is 0 Å². The van der Waals surface area contributed by atoms with E-state index >= 15 is 0 Å². The average molecular weight is 405 g/mol. The number of benzene rings is 1. The lowest BCUT2D eigenvalue weighted by molar-refractivity contribution is -0.123. The third-order valence-electron chi connectivity index (χ3n) is 4.81. The van der Waals surface area contributed by atoms with Crippen molar-refractivity contribution < 1.29 is 9.21 Å². The Kier molecular flexibility index (Phi) is 4.85. The highest BCUT2D eigenvalue weighted by Crippen LogP contribution is 2.29. The van der Waals surface area contributed by atoms with Crippen molar-refractivity contribution in [3.8, 4) is 11.5 Å². The summed E-state index contributed by atoms with van der Waals surface area (Å²) >= 11 is 3.51. The fraction of sp³-hybridized carbons (Fsp3) is 0.500. The van der Waals surface area contributed by atoms with Crippen LogP contribution in [0.15, 0.2) is 33.2 Å². The van der Waals surface area contributed by atoms with Crippen LogP contribution in [0.25, 0.3) is 11.5 Å². The molecule has 7 heteroatoms. The Morgan fingerprint density at radius 3 is 2.68 bits per heavy atom. The summed E-state index contributed by atoms with van der Waals surface area (Å²) in [5, 5.41) is 11.5. The van der Waals surface area contributed by atoms with Gasteiger partial charge >= 0.3 is 0 Å². The van der Waals surface area contributed by atoms with Crippen molar-refractivity contribution in [3.05, 3.63) is 34.6 Å². The van der Waals surface area contributed by atoms with Crippen molar-refractivity contribution in [2.24, 2.45) is 5.92 Å². The molecule has 1 N–H and O–H groups in total. The molecule has 1 aliphatic heterocycles. The molecule has 1 saturated carbocycles. The molecule has 1 aromatic heterocycles. The van der Waals surface area contributed by atoms with Gasteiger partial charge in [0.15, 0.2) is 0 Å². The molecule has 2 heterocycles. The van der Waals surface area contributed by atoms with E-state index in [1.54, 1.807) is 0 Å². The molecule has 0 bridgehead atoms. The van der Waals surface area contributed by atoms with Crippen LogP contribution in [0.1, 0.15) is 31.6 Å². The number of carbonyl (C=O) groups is 1. The zero-order valence-corrected chi connectivity index (χ0v) is 15.5. The van der Waals surface area contributed by atoms with Gasteiger partial charge in [0, 0.05) is 29.5 Å². The lowest BCUT2D eigenvalue weighted by Crippen LogP contribution is -2.44. The highest BCUT2D eigenvalue weighted by molar-refractivity contribution is 9.10. The number of hydrogen-bond acceptors (Lipinski definition) is 5. The normalized spacial score (nSPS) is 19.1. The van der Waals surface area contributed by atoms with Gasteiger partial charge < -0.3 is 9.73 Å². The van der Waals surface area contributed by atoms with Crippen molar-refractivity contribution in [2.45, 2.75) is 38.3 Å². The van der Waals surface area contributed by atoms with Crippen LogP contribution < -0.4 is 5.32 Å². The summed E-state index contributed by atoms with van der Waals surface area (Å²) in [5.41, 5.74) is 0.905. The number of likely N-dealkylation sites (tertiary alicyclic amines) is 1. The molecular formula is C18H21BrN4O2. The highest BCUT2D eigenvalue weighted by Gasteiger charge is 2.31. The van der Waals surface area contributed by atoms with Crippen LogP contribution in [0.2, 0.25) is 0 Å². The maximum absolute atomic E-state index is 11.8. The minimum absolute atomic E-state index is 0.244. The summed E-state index contributed by atoms with van der Waals surface area (Å²) in [6.07, 6.45) is 4.07. The molecule has 2 fully saturated rings. The topological polar surface area (TPSA) is 71.3 Å². The second-order valence-corrected chi connectivity index (χ2v) is 7.67. The monoisotopic (exact) mass is 404 g/mol. The van der Waals surface area contributed by atoms with Gasteiger partial charge in [-0.3, -0.25) is 9.69 Å². The van der Waals surface area contributed by atoms with E-state index in [2.05, 4.69) is 36.3 Å². The molecule has 6 nitrogen and oxygen atoms in total. The summed E-state index contributed by atoms with van der Waals surface area (Å²) < 4.78 is 6.76. The van der Waals surface area contributed by atoms with Gasteiger partial charge in [-0.2, -0.15) is 0 Å². The zero-order chi connectivity index (χ0) is 17.2. The number of piperidine rings is 1. The average Bonchev–Trinajstić information content (AvgIpc) is 3.37. The molecule has 0 spiro atoms. The second-order valence-electron chi connectivity index (χ2n) is 6.81. The molecule has 1 aliphatic carbocycles. The van der Waals surface area contributed by atoms with Crippen molar-refractivity contribution >= 4 is 21.8 Å². The third-order valence-corrected chi connectivity index (χ3v) is 5.50. The smallest absolute Gasteiger partial charge is 0.248 e. The fourth-order valence-electron chi connectivity index (χ4n) is 3.15. The van der Waals surface area contributed by atoms with E-state index < -0.39 is 0 Å². The van der Waals surface area contributed by atoms with Gasteiger partial charge in [0.25, 0.3) is 0 Å². The molecule has 0 radical (unpaired) electrons. The van der Waals surface area contributed by atoms with Crippen molar-refractivity contribution in [2.75, 3.05) is 13.1 Å². The Balaban J connectivity index is 1.30. The Bertz CT molecular complexity index is 751. The van der Waals surface area contributed by atoms with Gasteiger partial charge in [0.2, 0.25) is 17.7 Å². The summed E-state index contributed by atoms with van der Waals surface area (Å²) in [6, 6.07) is 8.12. The summed E-state index contributed by atoms with van der Waals surface area (Å²) in [5.74, 6) is 1.70. The van der Waals surface area contributed by atoms with Crippen LogP contribution in [0.3, 0.4) is 0 Å². The first-order valence-electron chi connectivity index (χ1n) is 8.79. The number of nitrogens with zero attached hydrogens (tertiary/aromatic N) is 3. The van der Waals surface area contributed by atoms with Gasteiger partial charge in [-0.1, -0.05) is 12.1 Å². The minimum Gasteiger partial charge on any atom is -0.419 e. The summed E-state index contributed by atoms with van der Waals surface area (Å²) in [4.78, 5) is 14.2. The van der Waals surface area contributed by atoms with E-state index in [1.165, 1.54) is 0 Å². The standard InChI is InChI=1S/C18H21BrN4O2/c19-15-4-2-1-3-14(15)18-22-21-16(25-18)11-23-9-7-13(8-10-23)20-17(24)12-5-6-12/h1-4,12-13H,5-11H2,(H,20,24). The van der Waals surface area contributed by atoms with Crippen molar-refractivity contribution in [1.82, 2.24) is 20.4 Å².